The summed E-state index contributed by atoms with van der Waals surface area (Å²) in [6.45, 7) is 6.97. The first kappa shape index (κ1) is 23.0. The standard InChI is InChI=1S/C22H29N3O5S/c1-4-29-22(27)25-10-8-18(9-11-25)23-20(26)14-31(28)13-19-16(3)30-21(24-19)17-7-5-6-15(2)12-17/h5-7,12,18H,4,8-11,13-14H2,1-3H3,(H,23,26)/t31-/m0/s1. The van der Waals surface area contributed by atoms with Crippen molar-refractivity contribution in [2.24, 2.45) is 0 Å². The Bertz CT molecular complexity index is 950. The van der Waals surface area contributed by atoms with Crippen LogP contribution in [0.4, 0.5) is 4.79 Å². The summed E-state index contributed by atoms with van der Waals surface area (Å²) < 4.78 is 23.3. The number of oxazole rings is 1. The zero-order valence-electron chi connectivity index (χ0n) is 18.2. The minimum absolute atomic E-state index is 0.0307. The van der Waals surface area contributed by atoms with E-state index in [-0.39, 0.29) is 29.5 Å². The van der Waals surface area contributed by atoms with Crippen molar-refractivity contribution >= 4 is 22.8 Å². The first-order valence-electron chi connectivity index (χ1n) is 10.4. The summed E-state index contributed by atoms with van der Waals surface area (Å²) in [7, 11) is -1.40. The molecule has 31 heavy (non-hydrogen) atoms. The molecule has 1 aromatic carbocycles. The number of piperidine rings is 1. The maximum atomic E-state index is 12.5. The predicted octanol–water partition coefficient (Wildman–Crippen LogP) is 2.94. The number of hydrogen-bond acceptors (Lipinski definition) is 6. The van der Waals surface area contributed by atoms with Crippen LogP contribution in [0, 0.1) is 13.8 Å². The third-order valence-electron chi connectivity index (χ3n) is 5.13. The van der Waals surface area contributed by atoms with Gasteiger partial charge in [0.1, 0.15) is 11.5 Å². The van der Waals surface area contributed by atoms with E-state index in [1.807, 2.05) is 31.2 Å². The minimum Gasteiger partial charge on any atom is -0.450 e. The summed E-state index contributed by atoms with van der Waals surface area (Å²) >= 11 is 0. The number of aryl methyl sites for hydroxylation is 2. The Labute approximate surface area is 184 Å². The minimum atomic E-state index is -1.40. The van der Waals surface area contributed by atoms with E-state index < -0.39 is 10.8 Å². The lowest BCUT2D eigenvalue weighted by Crippen LogP contribution is -2.47. The number of aromatic nitrogens is 1. The molecule has 1 aliphatic heterocycles. The van der Waals surface area contributed by atoms with E-state index in [9.17, 15) is 13.8 Å². The van der Waals surface area contributed by atoms with Gasteiger partial charge >= 0.3 is 6.09 Å². The van der Waals surface area contributed by atoms with Gasteiger partial charge in [-0.25, -0.2) is 9.78 Å². The second kappa shape index (κ2) is 10.6. The molecule has 2 amide bonds. The van der Waals surface area contributed by atoms with Crippen LogP contribution in [-0.2, 0) is 26.1 Å². The van der Waals surface area contributed by atoms with Crippen LogP contribution in [-0.4, -0.2) is 57.6 Å². The molecule has 0 saturated carbocycles. The van der Waals surface area contributed by atoms with Gasteiger partial charge in [-0.15, -0.1) is 0 Å². The van der Waals surface area contributed by atoms with Crippen molar-refractivity contribution in [1.82, 2.24) is 15.2 Å². The lowest BCUT2D eigenvalue weighted by Gasteiger charge is -2.31. The van der Waals surface area contributed by atoms with Crippen molar-refractivity contribution in [1.29, 1.82) is 0 Å². The SMILES string of the molecule is CCOC(=O)N1CCC(NC(=O)C[S@@](=O)Cc2nc(-c3cccc(C)c3)oc2C)CC1. The first-order chi connectivity index (χ1) is 14.9. The number of ether oxygens (including phenoxy) is 1. The largest absolute Gasteiger partial charge is 0.450 e. The zero-order chi connectivity index (χ0) is 22.4. The van der Waals surface area contributed by atoms with E-state index in [2.05, 4.69) is 10.3 Å². The van der Waals surface area contributed by atoms with Crippen molar-refractivity contribution < 1.29 is 23.0 Å². The number of nitrogens with zero attached hydrogens (tertiary/aromatic N) is 2. The maximum Gasteiger partial charge on any atom is 0.409 e. The Morgan fingerprint density at radius 1 is 1.29 bits per heavy atom. The van der Waals surface area contributed by atoms with Gasteiger partial charge in [0.15, 0.2) is 0 Å². The molecule has 0 bridgehead atoms. The zero-order valence-corrected chi connectivity index (χ0v) is 19.0. The molecule has 3 rings (SSSR count). The molecule has 1 aliphatic rings. The smallest absolute Gasteiger partial charge is 0.409 e. The highest BCUT2D eigenvalue weighted by molar-refractivity contribution is 7.84. The number of amides is 2. The third kappa shape index (κ3) is 6.40. The lowest BCUT2D eigenvalue weighted by molar-refractivity contribution is -0.119. The number of rotatable bonds is 7. The number of likely N-dealkylation sites (tertiary alicyclic amines) is 1. The average molecular weight is 448 g/mol. The summed E-state index contributed by atoms with van der Waals surface area (Å²) in [5, 5.41) is 2.92. The summed E-state index contributed by atoms with van der Waals surface area (Å²) in [4.78, 5) is 30.2. The second-order valence-corrected chi connectivity index (χ2v) is 9.10. The number of nitrogens with one attached hydrogen (secondary N) is 1. The van der Waals surface area contributed by atoms with Gasteiger partial charge in [-0.2, -0.15) is 0 Å². The van der Waals surface area contributed by atoms with Gasteiger partial charge in [-0.05, 0) is 45.7 Å². The Morgan fingerprint density at radius 3 is 2.71 bits per heavy atom. The molecule has 1 atom stereocenters. The van der Waals surface area contributed by atoms with Gasteiger partial charge in [0, 0.05) is 35.5 Å². The molecule has 1 saturated heterocycles. The topological polar surface area (TPSA) is 102 Å². The monoisotopic (exact) mass is 447 g/mol. The van der Waals surface area contributed by atoms with Crippen molar-refractivity contribution in [3.8, 4) is 11.5 Å². The Kier molecular flexibility index (Phi) is 7.84. The van der Waals surface area contributed by atoms with E-state index in [0.717, 1.165) is 11.1 Å². The van der Waals surface area contributed by atoms with Crippen molar-refractivity contribution in [2.45, 2.75) is 45.4 Å². The van der Waals surface area contributed by atoms with Crippen LogP contribution in [0.1, 0.15) is 36.8 Å². The van der Waals surface area contributed by atoms with Crippen molar-refractivity contribution in [2.75, 3.05) is 25.4 Å². The molecule has 0 radical (unpaired) electrons. The van der Waals surface area contributed by atoms with Crippen LogP contribution in [0.25, 0.3) is 11.5 Å². The molecule has 2 heterocycles. The Morgan fingerprint density at radius 2 is 2.03 bits per heavy atom. The number of benzene rings is 1. The van der Waals surface area contributed by atoms with Gasteiger partial charge in [0.25, 0.3) is 0 Å². The molecule has 8 nitrogen and oxygen atoms in total. The summed E-state index contributed by atoms with van der Waals surface area (Å²) in [5.41, 5.74) is 2.57. The van der Waals surface area contributed by atoms with Crippen LogP contribution in [0.5, 0.6) is 0 Å². The number of carbonyl (C=O) groups is 2. The quantitative estimate of drug-likeness (QED) is 0.700. The summed E-state index contributed by atoms with van der Waals surface area (Å²) in [6, 6.07) is 7.79. The molecule has 9 heteroatoms. The highest BCUT2D eigenvalue weighted by Gasteiger charge is 2.25. The van der Waals surface area contributed by atoms with E-state index in [1.54, 1.807) is 18.7 Å². The second-order valence-electron chi connectivity index (χ2n) is 7.65. The fourth-order valence-corrected chi connectivity index (χ4v) is 4.55. The van der Waals surface area contributed by atoms with Gasteiger partial charge in [0.2, 0.25) is 11.8 Å². The van der Waals surface area contributed by atoms with Crippen molar-refractivity contribution in [3.63, 3.8) is 0 Å². The summed E-state index contributed by atoms with van der Waals surface area (Å²) in [6.07, 6.45) is 0.986. The molecule has 168 valence electrons. The molecule has 0 unspecified atom stereocenters. The van der Waals surface area contributed by atoms with Gasteiger partial charge < -0.3 is 19.4 Å². The normalized spacial score (nSPS) is 15.5. The van der Waals surface area contributed by atoms with Crippen LogP contribution in [0.2, 0.25) is 0 Å². The highest BCUT2D eigenvalue weighted by Crippen LogP contribution is 2.23. The molecule has 1 aromatic heterocycles. The fourth-order valence-electron chi connectivity index (χ4n) is 3.50. The van der Waals surface area contributed by atoms with E-state index in [1.165, 1.54) is 0 Å². The van der Waals surface area contributed by atoms with Gasteiger partial charge in [-0.3, -0.25) is 9.00 Å². The molecule has 0 aliphatic carbocycles. The van der Waals surface area contributed by atoms with Crippen LogP contribution in [0.3, 0.4) is 0 Å². The van der Waals surface area contributed by atoms with Gasteiger partial charge in [0.05, 0.1) is 18.1 Å². The van der Waals surface area contributed by atoms with Crippen LogP contribution >= 0.6 is 0 Å². The number of hydrogen-bond donors (Lipinski definition) is 1. The molecule has 1 N–H and O–H groups in total. The average Bonchev–Trinajstić information content (AvgIpc) is 3.09. The van der Waals surface area contributed by atoms with Crippen LogP contribution in [0.15, 0.2) is 28.7 Å². The molecular formula is C22H29N3O5S. The van der Waals surface area contributed by atoms with Gasteiger partial charge in [-0.1, -0.05) is 17.7 Å². The van der Waals surface area contributed by atoms with E-state index >= 15 is 0 Å². The van der Waals surface area contributed by atoms with E-state index in [0.29, 0.717) is 49.9 Å². The predicted molar refractivity (Wildman–Crippen MR) is 118 cm³/mol. The molecule has 1 fully saturated rings. The molecule has 2 aromatic rings. The Balaban J connectivity index is 1.48. The van der Waals surface area contributed by atoms with Crippen molar-refractivity contribution in [3.05, 3.63) is 41.3 Å². The molecule has 0 spiro atoms. The Hall–Kier alpha value is -2.68. The fraction of sp³-hybridized carbons (Fsp3) is 0.500. The summed E-state index contributed by atoms with van der Waals surface area (Å²) in [5.74, 6) is 0.913. The molecular weight excluding hydrogens is 418 g/mol. The highest BCUT2D eigenvalue weighted by atomic mass is 32.2. The first-order valence-corrected chi connectivity index (χ1v) is 11.9. The third-order valence-corrected chi connectivity index (χ3v) is 6.31. The lowest BCUT2D eigenvalue weighted by atomic mass is 10.1. The maximum absolute atomic E-state index is 12.5. The van der Waals surface area contributed by atoms with E-state index in [4.69, 9.17) is 9.15 Å². The number of carbonyl (C=O) groups excluding carboxylic acids is 2. The van der Waals surface area contributed by atoms with Crippen LogP contribution < -0.4 is 5.32 Å².